The second kappa shape index (κ2) is 10.3. The van der Waals surface area contributed by atoms with E-state index in [4.69, 9.17) is 0 Å². The average molecular weight is 306 g/mol. The van der Waals surface area contributed by atoms with Crippen LogP contribution >= 0.6 is 0 Å². The summed E-state index contributed by atoms with van der Waals surface area (Å²) in [5.74, 6) is -0.394. The number of carbonyl (C=O) groups excluding carboxylic acids is 1. The molecular formula is C19H30O3. The van der Waals surface area contributed by atoms with Crippen molar-refractivity contribution in [2.24, 2.45) is 0 Å². The lowest BCUT2D eigenvalue weighted by Gasteiger charge is -2.08. The van der Waals surface area contributed by atoms with Crippen molar-refractivity contribution < 1.29 is 15.0 Å². The maximum absolute atomic E-state index is 12.1. The summed E-state index contributed by atoms with van der Waals surface area (Å²) in [5.41, 5.74) is 0.819. The van der Waals surface area contributed by atoms with E-state index in [9.17, 15) is 15.0 Å². The number of Topliss-reactive ketones (excluding diaryl/α,β-unsaturated/α-hetero) is 1. The number of aryl methyl sites for hydroxylation is 1. The van der Waals surface area contributed by atoms with Crippen molar-refractivity contribution in [3.05, 3.63) is 23.3 Å². The van der Waals surface area contributed by atoms with Gasteiger partial charge in [-0.05, 0) is 31.0 Å². The first-order valence-corrected chi connectivity index (χ1v) is 8.62. The molecule has 0 saturated heterocycles. The molecule has 0 radical (unpaired) electrons. The zero-order valence-corrected chi connectivity index (χ0v) is 14.0. The molecule has 3 nitrogen and oxygen atoms in total. The molecule has 0 amide bonds. The molecule has 1 rings (SSSR count). The van der Waals surface area contributed by atoms with Crippen LogP contribution in [-0.2, 0) is 0 Å². The molecule has 2 N–H and O–H groups in total. The number of phenols is 2. The van der Waals surface area contributed by atoms with Crippen molar-refractivity contribution in [2.75, 3.05) is 0 Å². The Labute approximate surface area is 134 Å². The smallest absolute Gasteiger partial charge is 0.170 e. The summed E-state index contributed by atoms with van der Waals surface area (Å²) in [7, 11) is 0. The first-order valence-electron chi connectivity index (χ1n) is 8.62. The van der Waals surface area contributed by atoms with E-state index >= 15 is 0 Å². The van der Waals surface area contributed by atoms with Crippen molar-refractivity contribution in [2.45, 2.75) is 78.1 Å². The highest BCUT2D eigenvalue weighted by Crippen LogP contribution is 2.30. The van der Waals surface area contributed by atoms with Crippen LogP contribution in [0.15, 0.2) is 12.1 Å². The fourth-order valence-electron chi connectivity index (χ4n) is 2.76. The lowest BCUT2D eigenvalue weighted by atomic mass is 10.00. The molecule has 0 fully saturated rings. The predicted molar refractivity (Wildman–Crippen MR) is 90.7 cm³/mol. The Bertz CT molecular complexity index is 443. The fraction of sp³-hybridized carbons (Fsp3) is 0.632. The van der Waals surface area contributed by atoms with Gasteiger partial charge in [0.25, 0.3) is 0 Å². The zero-order chi connectivity index (χ0) is 16.4. The van der Waals surface area contributed by atoms with E-state index < -0.39 is 0 Å². The van der Waals surface area contributed by atoms with Crippen molar-refractivity contribution in [3.8, 4) is 11.5 Å². The molecule has 0 aromatic heterocycles. The van der Waals surface area contributed by atoms with Crippen molar-refractivity contribution in [1.29, 1.82) is 0 Å². The maximum Gasteiger partial charge on any atom is 0.170 e. The Hall–Kier alpha value is -1.51. The number of aromatic hydroxyl groups is 2. The van der Waals surface area contributed by atoms with E-state index in [0.717, 1.165) is 24.8 Å². The number of hydrogen-bond acceptors (Lipinski definition) is 3. The van der Waals surface area contributed by atoms with Crippen LogP contribution in [0.25, 0.3) is 0 Å². The van der Waals surface area contributed by atoms with Crippen LogP contribution in [0, 0.1) is 6.92 Å². The third-order valence-corrected chi connectivity index (χ3v) is 4.03. The molecule has 0 aliphatic heterocycles. The number of hydrogen-bond donors (Lipinski definition) is 2. The summed E-state index contributed by atoms with van der Waals surface area (Å²) in [6.07, 6.45) is 11.2. The quantitative estimate of drug-likeness (QED) is 0.418. The van der Waals surface area contributed by atoms with Gasteiger partial charge < -0.3 is 10.2 Å². The Morgan fingerprint density at radius 1 is 0.864 bits per heavy atom. The molecule has 0 bridgehead atoms. The molecule has 0 spiro atoms. The van der Waals surface area contributed by atoms with E-state index in [1.54, 1.807) is 6.92 Å². The minimum atomic E-state index is -0.169. The summed E-state index contributed by atoms with van der Waals surface area (Å²) in [5, 5.41) is 19.6. The molecule has 124 valence electrons. The topological polar surface area (TPSA) is 57.5 Å². The average Bonchev–Trinajstić information content (AvgIpc) is 2.44. The predicted octanol–water partition coefficient (Wildman–Crippen LogP) is 5.51. The largest absolute Gasteiger partial charge is 0.507 e. The number of carbonyl (C=O) groups is 1. The van der Waals surface area contributed by atoms with E-state index in [1.165, 1.54) is 50.7 Å². The highest BCUT2D eigenvalue weighted by Gasteiger charge is 2.16. The Morgan fingerprint density at radius 2 is 1.32 bits per heavy atom. The van der Waals surface area contributed by atoms with E-state index in [1.807, 2.05) is 0 Å². The van der Waals surface area contributed by atoms with Crippen LogP contribution in [0.4, 0.5) is 0 Å². The second-order valence-electron chi connectivity index (χ2n) is 6.18. The molecule has 0 atom stereocenters. The van der Waals surface area contributed by atoms with Crippen molar-refractivity contribution in [1.82, 2.24) is 0 Å². The molecule has 3 heteroatoms. The summed E-state index contributed by atoms with van der Waals surface area (Å²) in [6, 6.07) is 3.03. The molecule has 1 aromatic carbocycles. The number of phenolic OH excluding ortho intramolecular Hbond substituents is 2. The summed E-state index contributed by atoms with van der Waals surface area (Å²) < 4.78 is 0. The molecule has 0 saturated carbocycles. The van der Waals surface area contributed by atoms with Gasteiger partial charge in [0.15, 0.2) is 5.78 Å². The second-order valence-corrected chi connectivity index (χ2v) is 6.18. The van der Waals surface area contributed by atoms with E-state index in [0.29, 0.717) is 6.42 Å². The van der Waals surface area contributed by atoms with Gasteiger partial charge in [-0.3, -0.25) is 4.79 Å². The first-order chi connectivity index (χ1) is 10.6. The number of unbranched alkanes of at least 4 members (excludes halogenated alkanes) is 8. The van der Waals surface area contributed by atoms with Gasteiger partial charge in [0.2, 0.25) is 0 Å². The van der Waals surface area contributed by atoms with Crippen molar-refractivity contribution >= 4 is 5.78 Å². The van der Waals surface area contributed by atoms with Gasteiger partial charge in [0.1, 0.15) is 17.1 Å². The monoisotopic (exact) mass is 306 g/mol. The summed E-state index contributed by atoms with van der Waals surface area (Å²) in [6.45, 7) is 3.99. The Morgan fingerprint density at radius 3 is 1.82 bits per heavy atom. The lowest BCUT2D eigenvalue weighted by Crippen LogP contribution is -2.00. The van der Waals surface area contributed by atoms with Crippen LogP contribution in [0.1, 0.15) is 87.1 Å². The van der Waals surface area contributed by atoms with Gasteiger partial charge in [0, 0.05) is 6.42 Å². The van der Waals surface area contributed by atoms with Gasteiger partial charge in [0.05, 0.1) is 0 Å². The maximum atomic E-state index is 12.1. The molecule has 0 heterocycles. The highest BCUT2D eigenvalue weighted by atomic mass is 16.3. The minimum absolute atomic E-state index is 0.0742. The van der Waals surface area contributed by atoms with Gasteiger partial charge in [-0.2, -0.15) is 0 Å². The van der Waals surface area contributed by atoms with Crippen LogP contribution in [0.2, 0.25) is 0 Å². The summed E-state index contributed by atoms with van der Waals surface area (Å²) >= 11 is 0. The van der Waals surface area contributed by atoms with E-state index in [-0.39, 0.29) is 22.8 Å². The van der Waals surface area contributed by atoms with Crippen LogP contribution in [0.3, 0.4) is 0 Å². The lowest BCUT2D eigenvalue weighted by molar-refractivity contribution is 0.0973. The normalized spacial score (nSPS) is 10.8. The third-order valence-electron chi connectivity index (χ3n) is 4.03. The van der Waals surface area contributed by atoms with Gasteiger partial charge in [-0.15, -0.1) is 0 Å². The molecular weight excluding hydrogens is 276 g/mol. The molecule has 22 heavy (non-hydrogen) atoms. The van der Waals surface area contributed by atoms with Gasteiger partial charge >= 0.3 is 0 Å². The van der Waals surface area contributed by atoms with Crippen LogP contribution in [0.5, 0.6) is 11.5 Å². The molecule has 0 unspecified atom stereocenters. The molecule has 1 aromatic rings. The first kappa shape index (κ1) is 18.5. The van der Waals surface area contributed by atoms with Crippen LogP contribution in [-0.4, -0.2) is 16.0 Å². The summed E-state index contributed by atoms with van der Waals surface area (Å²) in [4.78, 5) is 12.1. The van der Waals surface area contributed by atoms with Crippen LogP contribution < -0.4 is 0 Å². The highest BCUT2D eigenvalue weighted by molar-refractivity contribution is 6.01. The Balaban J connectivity index is 2.22. The fourth-order valence-corrected chi connectivity index (χ4v) is 2.76. The standard InChI is InChI=1S/C19H30O3/c1-3-4-5-6-7-8-9-10-11-12-16(20)19-17(21)13-15(2)14-18(19)22/h13-14,21-22H,3-12H2,1-2H3. The van der Waals surface area contributed by atoms with Gasteiger partial charge in [-0.1, -0.05) is 58.3 Å². The molecule has 0 aliphatic carbocycles. The number of benzene rings is 1. The van der Waals surface area contributed by atoms with Gasteiger partial charge in [-0.25, -0.2) is 0 Å². The SMILES string of the molecule is CCCCCCCCCCCC(=O)c1c(O)cc(C)cc1O. The number of ketones is 1. The van der Waals surface area contributed by atoms with E-state index in [2.05, 4.69) is 6.92 Å². The van der Waals surface area contributed by atoms with Crippen molar-refractivity contribution in [3.63, 3.8) is 0 Å². The Kier molecular flexibility index (Phi) is 8.64. The minimum Gasteiger partial charge on any atom is -0.507 e. The number of rotatable bonds is 11. The molecule has 0 aliphatic rings. The zero-order valence-electron chi connectivity index (χ0n) is 14.0. The third kappa shape index (κ3) is 6.50.